The Kier molecular flexibility index (Phi) is 4.94. The van der Waals surface area contributed by atoms with Crippen LogP contribution in [-0.2, 0) is 4.79 Å². The predicted octanol–water partition coefficient (Wildman–Crippen LogP) is 2.66. The monoisotopic (exact) mass is 333 g/mol. The van der Waals surface area contributed by atoms with Crippen LogP contribution in [0.4, 0.5) is 5.82 Å². The third-order valence-corrected chi connectivity index (χ3v) is 4.13. The number of amides is 1. The molecule has 1 aliphatic rings. The van der Waals surface area contributed by atoms with Gasteiger partial charge in [-0.05, 0) is 26.3 Å². The lowest BCUT2D eigenvalue weighted by atomic mass is 10.2. The second kappa shape index (κ2) is 7.12. The minimum absolute atomic E-state index is 0.0788. The van der Waals surface area contributed by atoms with Crippen LogP contribution in [0.25, 0.3) is 0 Å². The van der Waals surface area contributed by atoms with Crippen molar-refractivity contribution in [3.63, 3.8) is 0 Å². The summed E-state index contributed by atoms with van der Waals surface area (Å²) in [6, 6.07) is 1.83. The van der Waals surface area contributed by atoms with Gasteiger partial charge >= 0.3 is 0 Å². The number of hydrogen-bond acceptors (Lipinski definition) is 7. The fourth-order valence-electron chi connectivity index (χ4n) is 2.88. The van der Waals surface area contributed by atoms with Crippen LogP contribution in [0.5, 0.6) is 0 Å². The molecule has 8 nitrogen and oxygen atoms in total. The fourth-order valence-corrected chi connectivity index (χ4v) is 2.88. The van der Waals surface area contributed by atoms with Crippen molar-refractivity contribution in [3.8, 4) is 0 Å². The molecule has 8 heteroatoms. The van der Waals surface area contributed by atoms with E-state index >= 15 is 0 Å². The van der Waals surface area contributed by atoms with Gasteiger partial charge in [0.25, 0.3) is 0 Å². The number of hydrogen-bond donors (Lipinski definition) is 1. The first kappa shape index (κ1) is 16.6. The van der Waals surface area contributed by atoms with Crippen LogP contribution >= 0.6 is 0 Å². The lowest BCUT2D eigenvalue weighted by Gasteiger charge is -2.21. The summed E-state index contributed by atoms with van der Waals surface area (Å²) in [5.74, 6) is 2.65. The van der Waals surface area contributed by atoms with Gasteiger partial charge in [-0.2, -0.15) is 4.98 Å². The molecule has 0 spiro atoms. The zero-order valence-corrected chi connectivity index (χ0v) is 14.3. The Balaban J connectivity index is 1.54. The van der Waals surface area contributed by atoms with E-state index in [0.717, 1.165) is 25.2 Å². The molecule has 3 rings (SSSR count). The van der Waals surface area contributed by atoms with Gasteiger partial charge in [0.1, 0.15) is 5.76 Å². The number of carbonyl (C=O) groups is 1. The van der Waals surface area contributed by atoms with E-state index in [1.165, 1.54) is 0 Å². The van der Waals surface area contributed by atoms with Gasteiger partial charge < -0.3 is 14.4 Å². The van der Waals surface area contributed by atoms with Crippen molar-refractivity contribution < 1.29 is 13.8 Å². The van der Waals surface area contributed by atoms with Gasteiger partial charge in [0.15, 0.2) is 11.6 Å². The van der Waals surface area contributed by atoms with E-state index in [2.05, 4.69) is 25.5 Å². The molecule has 0 aromatic carbocycles. The maximum absolute atomic E-state index is 12.0. The minimum atomic E-state index is -0.0788. The Hall–Kier alpha value is -2.22. The summed E-state index contributed by atoms with van der Waals surface area (Å²) in [5, 5.41) is 10.6. The SMILES string of the molecule is Cc1cc(NC(=O)CCN2CCC[C@@H]2c2noc(C(C)C)n2)no1. The lowest BCUT2D eigenvalue weighted by molar-refractivity contribution is -0.116. The number of aryl methyl sites for hydroxylation is 1. The van der Waals surface area contributed by atoms with E-state index in [1.807, 2.05) is 13.8 Å². The molecule has 24 heavy (non-hydrogen) atoms. The lowest BCUT2D eigenvalue weighted by Crippen LogP contribution is -2.28. The number of likely N-dealkylation sites (tertiary alicyclic amines) is 1. The molecule has 0 unspecified atom stereocenters. The molecule has 0 aliphatic carbocycles. The van der Waals surface area contributed by atoms with Crippen molar-refractivity contribution in [3.05, 3.63) is 23.5 Å². The Morgan fingerprint density at radius 3 is 2.92 bits per heavy atom. The maximum Gasteiger partial charge on any atom is 0.229 e. The number of carbonyl (C=O) groups excluding carboxylic acids is 1. The summed E-state index contributed by atoms with van der Waals surface area (Å²) >= 11 is 0. The van der Waals surface area contributed by atoms with E-state index in [9.17, 15) is 4.79 Å². The highest BCUT2D eigenvalue weighted by Gasteiger charge is 2.30. The van der Waals surface area contributed by atoms with Crippen molar-refractivity contribution in [2.75, 3.05) is 18.4 Å². The van der Waals surface area contributed by atoms with Crippen LogP contribution in [0, 0.1) is 6.92 Å². The second-order valence-electron chi connectivity index (χ2n) is 6.46. The number of aromatic nitrogens is 3. The van der Waals surface area contributed by atoms with Gasteiger partial charge in [0.2, 0.25) is 11.8 Å². The average molecular weight is 333 g/mol. The number of nitrogens with zero attached hydrogens (tertiary/aromatic N) is 4. The van der Waals surface area contributed by atoms with Crippen molar-refractivity contribution in [2.24, 2.45) is 0 Å². The molecule has 130 valence electrons. The van der Waals surface area contributed by atoms with E-state index in [0.29, 0.717) is 30.4 Å². The molecule has 1 amide bonds. The Morgan fingerprint density at radius 2 is 2.25 bits per heavy atom. The zero-order chi connectivity index (χ0) is 17.1. The van der Waals surface area contributed by atoms with Crippen molar-refractivity contribution in [1.29, 1.82) is 0 Å². The molecule has 1 N–H and O–H groups in total. The summed E-state index contributed by atoms with van der Waals surface area (Å²) in [5.41, 5.74) is 0. The van der Waals surface area contributed by atoms with E-state index in [1.54, 1.807) is 13.0 Å². The topological polar surface area (TPSA) is 97.3 Å². The molecule has 1 fully saturated rings. The van der Waals surface area contributed by atoms with Gasteiger partial charge in [-0.1, -0.05) is 24.2 Å². The van der Waals surface area contributed by atoms with Crippen LogP contribution in [0.15, 0.2) is 15.1 Å². The van der Waals surface area contributed by atoms with Gasteiger partial charge in [-0.25, -0.2) is 0 Å². The second-order valence-corrected chi connectivity index (χ2v) is 6.46. The fraction of sp³-hybridized carbons (Fsp3) is 0.625. The summed E-state index contributed by atoms with van der Waals surface area (Å²) in [4.78, 5) is 18.8. The number of rotatable bonds is 6. The van der Waals surface area contributed by atoms with Crippen LogP contribution in [-0.4, -0.2) is 39.2 Å². The van der Waals surface area contributed by atoms with Crippen molar-refractivity contribution >= 4 is 11.7 Å². The highest BCUT2D eigenvalue weighted by atomic mass is 16.5. The summed E-state index contributed by atoms with van der Waals surface area (Å²) in [6.07, 6.45) is 2.44. The van der Waals surface area contributed by atoms with Gasteiger partial charge in [0.05, 0.1) is 6.04 Å². The minimum Gasteiger partial charge on any atom is -0.360 e. The third-order valence-electron chi connectivity index (χ3n) is 4.13. The molecule has 1 atom stereocenters. The average Bonchev–Trinajstić information content (AvgIpc) is 3.24. The van der Waals surface area contributed by atoms with Crippen LogP contribution in [0.2, 0.25) is 0 Å². The molecule has 2 aromatic heterocycles. The third kappa shape index (κ3) is 3.81. The molecule has 2 aromatic rings. The largest absolute Gasteiger partial charge is 0.360 e. The summed E-state index contributed by atoms with van der Waals surface area (Å²) < 4.78 is 10.2. The van der Waals surface area contributed by atoms with Crippen LogP contribution < -0.4 is 5.32 Å². The summed E-state index contributed by atoms with van der Waals surface area (Å²) in [7, 11) is 0. The Bertz CT molecular complexity index is 693. The number of nitrogens with one attached hydrogen (secondary N) is 1. The molecule has 1 saturated heterocycles. The Labute approximate surface area is 140 Å². The Morgan fingerprint density at radius 1 is 1.42 bits per heavy atom. The van der Waals surface area contributed by atoms with E-state index in [4.69, 9.17) is 9.05 Å². The summed E-state index contributed by atoms with van der Waals surface area (Å²) in [6.45, 7) is 7.43. The molecule has 0 radical (unpaired) electrons. The predicted molar refractivity (Wildman–Crippen MR) is 86.4 cm³/mol. The first-order valence-electron chi connectivity index (χ1n) is 8.33. The van der Waals surface area contributed by atoms with Gasteiger partial charge in [-0.3, -0.25) is 9.69 Å². The molecule has 1 aliphatic heterocycles. The first-order valence-corrected chi connectivity index (χ1v) is 8.33. The molecule has 3 heterocycles. The van der Waals surface area contributed by atoms with Gasteiger partial charge in [-0.15, -0.1) is 0 Å². The zero-order valence-electron chi connectivity index (χ0n) is 14.3. The molecule has 0 saturated carbocycles. The quantitative estimate of drug-likeness (QED) is 0.867. The first-order chi connectivity index (χ1) is 11.5. The smallest absolute Gasteiger partial charge is 0.229 e. The molecular weight excluding hydrogens is 310 g/mol. The number of anilines is 1. The van der Waals surface area contributed by atoms with E-state index < -0.39 is 0 Å². The van der Waals surface area contributed by atoms with Gasteiger partial charge in [0, 0.05) is 24.9 Å². The van der Waals surface area contributed by atoms with Crippen molar-refractivity contribution in [2.45, 2.75) is 52.0 Å². The molecular formula is C16H23N5O3. The molecule has 0 bridgehead atoms. The maximum atomic E-state index is 12.0. The van der Waals surface area contributed by atoms with Crippen LogP contribution in [0.1, 0.15) is 62.5 Å². The van der Waals surface area contributed by atoms with Crippen LogP contribution in [0.3, 0.4) is 0 Å². The highest BCUT2D eigenvalue weighted by Crippen LogP contribution is 2.30. The normalized spacial score (nSPS) is 18.4. The van der Waals surface area contributed by atoms with Crippen molar-refractivity contribution in [1.82, 2.24) is 20.2 Å². The highest BCUT2D eigenvalue weighted by molar-refractivity contribution is 5.89. The standard InChI is InChI=1S/C16H23N5O3/c1-10(2)16-18-15(20-24-16)12-5-4-7-21(12)8-6-14(22)17-13-9-11(3)23-19-13/h9-10,12H,4-8H2,1-3H3,(H,17,19,22)/t12-/m1/s1. The van der Waals surface area contributed by atoms with E-state index in [-0.39, 0.29) is 17.9 Å².